The zero-order valence-electron chi connectivity index (χ0n) is 6.69. The highest BCUT2D eigenvalue weighted by Gasteiger charge is 2.26. The zero-order chi connectivity index (χ0) is 9.84. The van der Waals surface area contributed by atoms with Gasteiger partial charge in [-0.3, -0.25) is 9.69 Å². The van der Waals surface area contributed by atoms with Gasteiger partial charge in [-0.05, 0) is 0 Å². The summed E-state index contributed by atoms with van der Waals surface area (Å²) in [6, 6.07) is -0.486. The Hall–Kier alpha value is -1.85. The van der Waals surface area contributed by atoms with Crippen molar-refractivity contribution < 1.29 is 19.5 Å². The second-order valence-corrected chi connectivity index (χ2v) is 2.40. The van der Waals surface area contributed by atoms with Crippen LogP contribution in [-0.2, 0) is 9.59 Å². The summed E-state index contributed by atoms with van der Waals surface area (Å²) in [7, 11) is 0. The summed E-state index contributed by atoms with van der Waals surface area (Å²) in [5.41, 5.74) is 0. The normalized spacial score (nSPS) is 16.8. The van der Waals surface area contributed by atoms with Crippen LogP contribution in [0.15, 0.2) is 12.2 Å². The van der Waals surface area contributed by atoms with E-state index in [1.807, 2.05) is 0 Å². The summed E-state index contributed by atoms with van der Waals surface area (Å²) in [5, 5.41) is 10.5. The molecule has 0 aromatic rings. The predicted octanol–water partition coefficient (Wildman–Crippen LogP) is -0.821. The number of amides is 3. The highest BCUT2D eigenvalue weighted by Crippen LogP contribution is 1.98. The number of carboxylic acid groups (broad SMARTS) is 1. The lowest BCUT2D eigenvalue weighted by Gasteiger charge is -2.07. The molecular weight excluding hydrogens is 176 g/mol. The van der Waals surface area contributed by atoms with Crippen LogP contribution in [0.2, 0.25) is 0 Å². The second-order valence-electron chi connectivity index (χ2n) is 2.40. The molecule has 3 amide bonds. The first-order valence-corrected chi connectivity index (χ1v) is 3.59. The number of carbonyl (C=O) groups excluding carboxylic acids is 2. The fourth-order valence-electron chi connectivity index (χ4n) is 0.899. The lowest BCUT2D eigenvalue weighted by molar-refractivity contribution is -0.131. The number of imide groups is 1. The Morgan fingerprint density at radius 3 is 2.77 bits per heavy atom. The average Bonchev–Trinajstić information content (AvgIpc) is 2.34. The summed E-state index contributed by atoms with van der Waals surface area (Å²) in [5.74, 6) is -1.45. The highest BCUT2D eigenvalue weighted by atomic mass is 16.4. The molecule has 1 fully saturated rings. The highest BCUT2D eigenvalue weighted by molar-refractivity contribution is 6.02. The first kappa shape index (κ1) is 9.24. The summed E-state index contributed by atoms with van der Waals surface area (Å²) >= 11 is 0. The van der Waals surface area contributed by atoms with Gasteiger partial charge in [-0.1, -0.05) is 6.08 Å². The van der Waals surface area contributed by atoms with Crippen LogP contribution in [0.25, 0.3) is 0 Å². The van der Waals surface area contributed by atoms with Gasteiger partial charge in [-0.25, -0.2) is 9.59 Å². The van der Waals surface area contributed by atoms with Crippen LogP contribution in [0.1, 0.15) is 0 Å². The summed E-state index contributed by atoms with van der Waals surface area (Å²) in [4.78, 5) is 32.8. The van der Waals surface area contributed by atoms with E-state index in [9.17, 15) is 14.4 Å². The third-order valence-electron chi connectivity index (χ3n) is 1.49. The second kappa shape index (κ2) is 3.70. The minimum Gasteiger partial charge on any atom is -0.478 e. The molecule has 6 heteroatoms. The molecule has 6 nitrogen and oxygen atoms in total. The van der Waals surface area contributed by atoms with Gasteiger partial charge >= 0.3 is 12.0 Å². The van der Waals surface area contributed by atoms with Crippen LogP contribution < -0.4 is 5.32 Å². The van der Waals surface area contributed by atoms with Crippen LogP contribution in [0, 0.1) is 0 Å². The Kier molecular flexibility index (Phi) is 2.63. The third kappa shape index (κ3) is 2.29. The maximum Gasteiger partial charge on any atom is 0.328 e. The molecule has 0 spiro atoms. The van der Waals surface area contributed by atoms with E-state index in [2.05, 4.69) is 5.32 Å². The van der Waals surface area contributed by atoms with Gasteiger partial charge in [-0.2, -0.15) is 0 Å². The van der Waals surface area contributed by atoms with E-state index in [0.29, 0.717) is 0 Å². The maximum atomic E-state index is 10.9. The van der Waals surface area contributed by atoms with Gasteiger partial charge < -0.3 is 10.4 Å². The molecule has 1 rings (SSSR count). The molecule has 1 saturated heterocycles. The molecule has 1 aliphatic heterocycles. The summed E-state index contributed by atoms with van der Waals surface area (Å²) < 4.78 is 0. The van der Waals surface area contributed by atoms with E-state index in [-0.39, 0.29) is 19.0 Å². The molecule has 70 valence electrons. The number of urea groups is 1. The molecule has 0 aromatic carbocycles. The first-order valence-electron chi connectivity index (χ1n) is 3.59. The van der Waals surface area contributed by atoms with Gasteiger partial charge in [0.15, 0.2) is 0 Å². The Morgan fingerprint density at radius 1 is 1.62 bits per heavy atom. The van der Waals surface area contributed by atoms with E-state index in [4.69, 9.17) is 5.11 Å². The van der Waals surface area contributed by atoms with Crippen molar-refractivity contribution in [2.24, 2.45) is 0 Å². The van der Waals surface area contributed by atoms with Crippen LogP contribution in [0.3, 0.4) is 0 Å². The lowest BCUT2D eigenvalue weighted by atomic mass is 10.4. The van der Waals surface area contributed by atoms with Gasteiger partial charge in [0.1, 0.15) is 0 Å². The maximum absolute atomic E-state index is 10.9. The third-order valence-corrected chi connectivity index (χ3v) is 1.49. The van der Waals surface area contributed by atoms with Crippen LogP contribution in [0.5, 0.6) is 0 Å². The number of nitrogens with zero attached hydrogens (tertiary/aromatic N) is 1. The smallest absolute Gasteiger partial charge is 0.328 e. The van der Waals surface area contributed by atoms with Crippen LogP contribution >= 0.6 is 0 Å². The number of nitrogens with one attached hydrogen (secondary N) is 1. The first-order chi connectivity index (χ1) is 6.11. The van der Waals surface area contributed by atoms with Crippen molar-refractivity contribution in [1.29, 1.82) is 0 Å². The quantitative estimate of drug-likeness (QED) is 0.443. The monoisotopic (exact) mass is 184 g/mol. The number of hydrogen-bond acceptors (Lipinski definition) is 3. The Labute approximate surface area is 73.8 Å². The molecule has 1 heterocycles. The molecule has 0 aliphatic carbocycles. The molecule has 0 unspecified atom stereocenters. The number of hydrogen-bond donors (Lipinski definition) is 2. The molecule has 0 aromatic heterocycles. The van der Waals surface area contributed by atoms with Crippen LogP contribution in [0.4, 0.5) is 4.79 Å². The van der Waals surface area contributed by atoms with Crippen molar-refractivity contribution in [3.05, 3.63) is 12.2 Å². The molecule has 0 atom stereocenters. The fraction of sp³-hybridized carbons (Fsp3) is 0.286. The standard InChI is InChI=1S/C7H8N2O4/c10-5-4-8-7(13)9(5)3-1-2-6(11)12/h1-2H,3-4H2,(H,8,13)(H,11,12)/b2-1+. The van der Waals surface area contributed by atoms with Crippen molar-refractivity contribution in [2.75, 3.05) is 13.1 Å². The van der Waals surface area contributed by atoms with Crippen molar-refractivity contribution >= 4 is 17.9 Å². The minimum atomic E-state index is -1.10. The number of aliphatic carboxylic acids is 1. The Bertz CT molecular complexity index is 268. The molecular formula is C7H8N2O4. The van der Waals surface area contributed by atoms with Gasteiger partial charge in [0, 0.05) is 12.6 Å². The molecule has 1 aliphatic rings. The van der Waals surface area contributed by atoms with E-state index in [1.54, 1.807) is 0 Å². The number of rotatable bonds is 3. The number of carbonyl (C=O) groups is 3. The molecule has 0 saturated carbocycles. The average molecular weight is 184 g/mol. The Morgan fingerprint density at radius 2 is 2.31 bits per heavy atom. The molecule has 13 heavy (non-hydrogen) atoms. The van der Waals surface area contributed by atoms with E-state index in [0.717, 1.165) is 11.0 Å². The van der Waals surface area contributed by atoms with Crippen LogP contribution in [-0.4, -0.2) is 41.0 Å². The topological polar surface area (TPSA) is 86.7 Å². The largest absolute Gasteiger partial charge is 0.478 e. The van der Waals surface area contributed by atoms with Gasteiger partial charge in [0.2, 0.25) is 5.91 Å². The van der Waals surface area contributed by atoms with E-state index < -0.39 is 12.0 Å². The SMILES string of the molecule is O=C(O)/C=C/CN1C(=O)CNC1=O. The van der Waals surface area contributed by atoms with E-state index >= 15 is 0 Å². The van der Waals surface area contributed by atoms with Crippen molar-refractivity contribution in [3.8, 4) is 0 Å². The zero-order valence-corrected chi connectivity index (χ0v) is 6.69. The predicted molar refractivity (Wildman–Crippen MR) is 41.9 cm³/mol. The minimum absolute atomic E-state index is 0.00301. The summed E-state index contributed by atoms with van der Waals surface area (Å²) in [6.45, 7) is -0.0172. The fourth-order valence-corrected chi connectivity index (χ4v) is 0.899. The molecule has 0 radical (unpaired) electrons. The van der Waals surface area contributed by atoms with E-state index in [1.165, 1.54) is 6.08 Å². The van der Waals surface area contributed by atoms with Crippen molar-refractivity contribution in [3.63, 3.8) is 0 Å². The van der Waals surface area contributed by atoms with Crippen molar-refractivity contribution in [2.45, 2.75) is 0 Å². The van der Waals surface area contributed by atoms with Gasteiger partial charge in [0.25, 0.3) is 0 Å². The molecule has 0 bridgehead atoms. The van der Waals surface area contributed by atoms with Gasteiger partial charge in [0.05, 0.1) is 6.54 Å². The number of carboxylic acids is 1. The summed E-state index contributed by atoms with van der Waals surface area (Å²) in [6.07, 6.45) is 2.13. The van der Waals surface area contributed by atoms with Crippen molar-refractivity contribution in [1.82, 2.24) is 10.2 Å². The Balaban J connectivity index is 2.49. The van der Waals surface area contributed by atoms with Gasteiger partial charge in [-0.15, -0.1) is 0 Å². The molecule has 2 N–H and O–H groups in total. The lowest BCUT2D eigenvalue weighted by Crippen LogP contribution is -2.31.